The molecule has 1 aliphatic heterocycles. The van der Waals surface area contributed by atoms with Crippen LogP contribution in [-0.4, -0.2) is 56.8 Å². The molecular weight excluding hydrogens is 280 g/mol. The topological polar surface area (TPSA) is 66.6 Å². The van der Waals surface area contributed by atoms with Gasteiger partial charge in [0.1, 0.15) is 6.33 Å². The number of aromatic nitrogens is 4. The summed E-state index contributed by atoms with van der Waals surface area (Å²) in [5.41, 5.74) is 1.80. The first-order valence-electron chi connectivity index (χ1n) is 8.01. The molecule has 0 radical (unpaired) electrons. The van der Waals surface area contributed by atoms with Crippen molar-refractivity contribution in [3.8, 4) is 0 Å². The largest absolute Gasteiger partial charge is 0.367 e. The van der Waals surface area contributed by atoms with E-state index in [1.54, 1.807) is 10.8 Å². The number of carbonyl (C=O) groups is 1. The Morgan fingerprint density at radius 1 is 1.14 bits per heavy atom. The molecule has 1 saturated carbocycles. The van der Waals surface area contributed by atoms with Crippen molar-refractivity contribution in [2.75, 3.05) is 31.1 Å². The molecule has 0 N–H and O–H groups in total. The van der Waals surface area contributed by atoms with E-state index in [0.29, 0.717) is 5.91 Å². The van der Waals surface area contributed by atoms with E-state index >= 15 is 0 Å². The predicted octanol–water partition coefficient (Wildman–Crippen LogP) is 0.963. The van der Waals surface area contributed by atoms with Gasteiger partial charge in [0.15, 0.2) is 5.65 Å². The Bertz CT molecular complexity index is 669. The fourth-order valence-electron chi connectivity index (χ4n) is 3.50. The molecule has 7 nitrogen and oxygen atoms in total. The van der Waals surface area contributed by atoms with Gasteiger partial charge >= 0.3 is 0 Å². The lowest BCUT2D eigenvalue weighted by Crippen LogP contribution is -2.50. The molecule has 1 aliphatic carbocycles. The maximum Gasteiger partial charge on any atom is 0.225 e. The van der Waals surface area contributed by atoms with Crippen LogP contribution >= 0.6 is 0 Å². The molecule has 2 aliphatic rings. The minimum absolute atomic E-state index is 0.278. The second kappa shape index (κ2) is 5.55. The Kier molecular flexibility index (Phi) is 3.40. The molecule has 7 heteroatoms. The van der Waals surface area contributed by atoms with Crippen LogP contribution in [0.4, 0.5) is 5.69 Å². The Hall–Kier alpha value is -2.18. The summed E-state index contributed by atoms with van der Waals surface area (Å²) in [6.45, 7) is 3.30. The number of anilines is 1. The van der Waals surface area contributed by atoms with Gasteiger partial charge in [-0.2, -0.15) is 5.10 Å². The minimum atomic E-state index is 0.278. The standard InChI is InChI=1S/C15H20N6O/c22-15(12-3-1-2-4-12)20-7-5-19(6-8-20)13-9-14-18-16-11-21(14)17-10-13/h9-12H,1-8H2. The van der Waals surface area contributed by atoms with Crippen LogP contribution in [0.2, 0.25) is 0 Å². The average molecular weight is 300 g/mol. The number of hydrogen-bond donors (Lipinski definition) is 0. The van der Waals surface area contributed by atoms with Crippen LogP contribution in [0.25, 0.3) is 5.65 Å². The van der Waals surface area contributed by atoms with E-state index in [1.807, 2.05) is 17.2 Å². The Balaban J connectivity index is 1.41. The number of amides is 1. The summed E-state index contributed by atoms with van der Waals surface area (Å²) >= 11 is 0. The van der Waals surface area contributed by atoms with E-state index in [1.165, 1.54) is 12.8 Å². The third-order valence-electron chi connectivity index (χ3n) is 4.81. The van der Waals surface area contributed by atoms with Gasteiger partial charge in [0.2, 0.25) is 5.91 Å². The summed E-state index contributed by atoms with van der Waals surface area (Å²) < 4.78 is 1.66. The van der Waals surface area contributed by atoms with Crippen LogP contribution in [0, 0.1) is 5.92 Å². The summed E-state index contributed by atoms with van der Waals surface area (Å²) in [6, 6.07) is 1.99. The number of fused-ring (bicyclic) bond motifs is 1. The predicted molar refractivity (Wildman–Crippen MR) is 81.5 cm³/mol. The zero-order valence-electron chi connectivity index (χ0n) is 12.6. The minimum Gasteiger partial charge on any atom is -0.367 e. The lowest BCUT2D eigenvalue weighted by molar-refractivity contribution is -0.135. The molecule has 1 saturated heterocycles. The summed E-state index contributed by atoms with van der Waals surface area (Å²) in [5.74, 6) is 0.642. The molecule has 2 aromatic heterocycles. The summed E-state index contributed by atoms with van der Waals surface area (Å²) in [7, 11) is 0. The summed E-state index contributed by atoms with van der Waals surface area (Å²) in [6.07, 6.45) is 8.00. The van der Waals surface area contributed by atoms with Gasteiger partial charge in [-0.3, -0.25) is 4.79 Å². The lowest BCUT2D eigenvalue weighted by Gasteiger charge is -2.37. The van der Waals surface area contributed by atoms with Crippen molar-refractivity contribution in [1.29, 1.82) is 0 Å². The van der Waals surface area contributed by atoms with E-state index in [0.717, 1.165) is 50.4 Å². The normalized spacial score (nSPS) is 20.0. The van der Waals surface area contributed by atoms with E-state index in [2.05, 4.69) is 20.2 Å². The third-order valence-corrected chi connectivity index (χ3v) is 4.81. The maximum atomic E-state index is 12.5. The van der Waals surface area contributed by atoms with E-state index in [-0.39, 0.29) is 5.92 Å². The van der Waals surface area contributed by atoms with E-state index in [9.17, 15) is 4.79 Å². The average Bonchev–Trinajstić information content (AvgIpc) is 3.25. The first-order valence-corrected chi connectivity index (χ1v) is 8.01. The van der Waals surface area contributed by atoms with Crippen molar-refractivity contribution in [3.63, 3.8) is 0 Å². The van der Waals surface area contributed by atoms with Crippen molar-refractivity contribution in [2.24, 2.45) is 5.92 Å². The van der Waals surface area contributed by atoms with Crippen LogP contribution in [0.1, 0.15) is 25.7 Å². The first kappa shape index (κ1) is 13.5. The second-order valence-corrected chi connectivity index (χ2v) is 6.14. The van der Waals surface area contributed by atoms with Gasteiger partial charge in [-0.25, -0.2) is 4.52 Å². The van der Waals surface area contributed by atoms with Crippen LogP contribution in [0.15, 0.2) is 18.6 Å². The summed E-state index contributed by atoms with van der Waals surface area (Å²) in [5, 5.41) is 12.2. The van der Waals surface area contributed by atoms with Gasteiger partial charge in [0.05, 0.1) is 11.9 Å². The number of rotatable bonds is 2. The lowest BCUT2D eigenvalue weighted by atomic mass is 10.1. The maximum absolute atomic E-state index is 12.5. The van der Waals surface area contributed by atoms with Crippen LogP contribution in [-0.2, 0) is 4.79 Å². The highest BCUT2D eigenvalue weighted by atomic mass is 16.2. The molecule has 3 heterocycles. The highest BCUT2D eigenvalue weighted by molar-refractivity contribution is 5.79. The molecule has 0 atom stereocenters. The third kappa shape index (κ3) is 2.40. The molecule has 4 rings (SSSR count). The Labute approximate surface area is 128 Å². The van der Waals surface area contributed by atoms with Gasteiger partial charge < -0.3 is 9.80 Å². The smallest absolute Gasteiger partial charge is 0.225 e. The van der Waals surface area contributed by atoms with Crippen LogP contribution in [0.5, 0.6) is 0 Å². The van der Waals surface area contributed by atoms with Gasteiger partial charge in [-0.05, 0) is 12.8 Å². The molecule has 0 bridgehead atoms. The molecule has 0 unspecified atom stereocenters. The molecule has 2 fully saturated rings. The highest BCUT2D eigenvalue weighted by Gasteiger charge is 2.29. The van der Waals surface area contributed by atoms with Crippen molar-refractivity contribution >= 4 is 17.2 Å². The van der Waals surface area contributed by atoms with Crippen molar-refractivity contribution in [1.82, 2.24) is 24.7 Å². The molecule has 0 spiro atoms. The van der Waals surface area contributed by atoms with Gasteiger partial charge in [-0.15, -0.1) is 10.2 Å². The molecule has 22 heavy (non-hydrogen) atoms. The fourth-order valence-corrected chi connectivity index (χ4v) is 3.50. The number of nitrogens with zero attached hydrogens (tertiary/aromatic N) is 6. The van der Waals surface area contributed by atoms with Crippen LogP contribution in [0.3, 0.4) is 0 Å². The van der Waals surface area contributed by atoms with Crippen molar-refractivity contribution in [3.05, 3.63) is 18.6 Å². The number of piperazine rings is 1. The summed E-state index contributed by atoms with van der Waals surface area (Å²) in [4.78, 5) is 16.8. The number of carbonyl (C=O) groups excluding carboxylic acids is 1. The molecule has 0 aromatic carbocycles. The van der Waals surface area contributed by atoms with Gasteiger partial charge in [0.25, 0.3) is 0 Å². The first-order chi connectivity index (χ1) is 10.8. The van der Waals surface area contributed by atoms with Crippen molar-refractivity contribution < 1.29 is 4.79 Å². The fraction of sp³-hybridized carbons (Fsp3) is 0.600. The quantitative estimate of drug-likeness (QED) is 0.826. The Morgan fingerprint density at radius 3 is 2.68 bits per heavy atom. The molecule has 1 amide bonds. The number of hydrogen-bond acceptors (Lipinski definition) is 5. The monoisotopic (exact) mass is 300 g/mol. The Morgan fingerprint density at radius 2 is 1.91 bits per heavy atom. The van der Waals surface area contributed by atoms with Gasteiger partial charge in [-0.1, -0.05) is 12.8 Å². The van der Waals surface area contributed by atoms with Crippen LogP contribution < -0.4 is 4.90 Å². The SMILES string of the molecule is O=C(C1CCCC1)N1CCN(c2cnn3cnnc3c2)CC1. The van der Waals surface area contributed by atoms with E-state index < -0.39 is 0 Å². The zero-order chi connectivity index (χ0) is 14.9. The van der Waals surface area contributed by atoms with E-state index in [4.69, 9.17) is 0 Å². The highest BCUT2D eigenvalue weighted by Crippen LogP contribution is 2.27. The molecule has 2 aromatic rings. The zero-order valence-corrected chi connectivity index (χ0v) is 12.6. The molecular formula is C15H20N6O. The second-order valence-electron chi connectivity index (χ2n) is 6.14. The van der Waals surface area contributed by atoms with Crippen molar-refractivity contribution in [2.45, 2.75) is 25.7 Å². The van der Waals surface area contributed by atoms with Gasteiger partial charge in [0, 0.05) is 38.2 Å². The molecule has 116 valence electrons.